The molecule has 0 atom stereocenters. The maximum absolute atomic E-state index is 5.98. The first-order chi connectivity index (χ1) is 9.72. The molecule has 1 aromatic carbocycles. The molecule has 20 heavy (non-hydrogen) atoms. The molecule has 7 heteroatoms. The van der Waals surface area contributed by atoms with Crippen molar-refractivity contribution in [2.45, 2.75) is 10.6 Å². The largest absolute Gasteiger partial charge is 0.419 e. The van der Waals surface area contributed by atoms with Crippen LogP contribution in [0.1, 0.15) is 5.89 Å². The number of benzene rings is 1. The van der Waals surface area contributed by atoms with E-state index in [-0.39, 0.29) is 0 Å². The summed E-state index contributed by atoms with van der Waals surface area (Å²) in [6, 6.07) is 9.44. The minimum absolute atomic E-state index is 0.555. The molecule has 0 bridgehead atoms. The lowest BCUT2D eigenvalue weighted by molar-refractivity contribution is 0.529. The van der Waals surface area contributed by atoms with Crippen molar-refractivity contribution in [3.8, 4) is 10.8 Å². The monoisotopic (exact) mass is 323 g/mol. The molecule has 2 N–H and O–H groups in total. The van der Waals surface area contributed by atoms with Crippen molar-refractivity contribution in [3.05, 3.63) is 46.6 Å². The molecule has 0 radical (unpaired) electrons. The maximum atomic E-state index is 5.98. The van der Waals surface area contributed by atoms with Gasteiger partial charge in [0.2, 0.25) is 5.89 Å². The molecule has 0 saturated heterocycles. The highest BCUT2D eigenvalue weighted by Gasteiger charge is 2.09. The first-order valence-electron chi connectivity index (χ1n) is 5.76. The molecule has 0 saturated carbocycles. The number of thiophene rings is 1. The van der Waals surface area contributed by atoms with Crippen LogP contribution in [0.15, 0.2) is 45.0 Å². The molecule has 0 fully saturated rings. The average molecular weight is 324 g/mol. The third-order valence-electron chi connectivity index (χ3n) is 2.53. The van der Waals surface area contributed by atoms with Crippen molar-refractivity contribution in [2.75, 3.05) is 5.73 Å². The van der Waals surface area contributed by atoms with Gasteiger partial charge in [0.25, 0.3) is 5.89 Å². The Morgan fingerprint density at radius 1 is 1.30 bits per heavy atom. The summed E-state index contributed by atoms with van der Waals surface area (Å²) in [7, 11) is 0. The van der Waals surface area contributed by atoms with E-state index in [2.05, 4.69) is 10.2 Å². The number of thioether (sulfide) groups is 1. The fourth-order valence-corrected chi connectivity index (χ4v) is 3.22. The van der Waals surface area contributed by atoms with Crippen LogP contribution in [0.5, 0.6) is 0 Å². The highest BCUT2D eigenvalue weighted by Crippen LogP contribution is 2.29. The molecule has 102 valence electrons. The lowest BCUT2D eigenvalue weighted by Crippen LogP contribution is -1.86. The van der Waals surface area contributed by atoms with Crippen molar-refractivity contribution < 1.29 is 4.42 Å². The Labute approximate surface area is 129 Å². The molecule has 0 aliphatic carbocycles. The first kappa shape index (κ1) is 13.5. The van der Waals surface area contributed by atoms with Crippen LogP contribution < -0.4 is 5.73 Å². The minimum atomic E-state index is 0.555. The van der Waals surface area contributed by atoms with Crippen molar-refractivity contribution in [2.24, 2.45) is 0 Å². The van der Waals surface area contributed by atoms with E-state index in [1.807, 2.05) is 29.6 Å². The Kier molecular flexibility index (Phi) is 3.95. The molecule has 0 aliphatic heterocycles. The molecule has 0 unspecified atom stereocenters. The van der Waals surface area contributed by atoms with Crippen LogP contribution in [-0.4, -0.2) is 10.2 Å². The van der Waals surface area contributed by atoms with Gasteiger partial charge < -0.3 is 10.2 Å². The van der Waals surface area contributed by atoms with Gasteiger partial charge in [0.1, 0.15) is 0 Å². The summed E-state index contributed by atoms with van der Waals surface area (Å²) in [4.78, 5) is 1.99. The molecule has 3 rings (SSSR count). The highest BCUT2D eigenvalue weighted by atomic mass is 35.5. The van der Waals surface area contributed by atoms with E-state index < -0.39 is 0 Å². The molecule has 0 amide bonds. The van der Waals surface area contributed by atoms with Crippen molar-refractivity contribution >= 4 is 40.4 Å². The van der Waals surface area contributed by atoms with Crippen LogP contribution in [0.25, 0.3) is 10.8 Å². The summed E-state index contributed by atoms with van der Waals surface area (Å²) in [6.45, 7) is 0. The van der Waals surface area contributed by atoms with Gasteiger partial charge in [-0.3, -0.25) is 0 Å². The maximum Gasteiger partial charge on any atom is 0.257 e. The van der Waals surface area contributed by atoms with Gasteiger partial charge in [0.05, 0.1) is 21.3 Å². The summed E-state index contributed by atoms with van der Waals surface area (Å²) in [5.74, 6) is 1.75. The van der Waals surface area contributed by atoms with Gasteiger partial charge in [-0.1, -0.05) is 17.7 Å². The van der Waals surface area contributed by atoms with Gasteiger partial charge in [0, 0.05) is 4.90 Å². The summed E-state index contributed by atoms with van der Waals surface area (Å²) in [6.07, 6.45) is 0. The zero-order chi connectivity index (χ0) is 13.9. The number of nitrogens with two attached hydrogens (primary N) is 1. The summed E-state index contributed by atoms with van der Waals surface area (Å²) >= 11 is 9.13. The molecule has 2 aromatic heterocycles. The Morgan fingerprint density at radius 2 is 2.20 bits per heavy atom. The van der Waals surface area contributed by atoms with Gasteiger partial charge in [-0.25, -0.2) is 0 Å². The van der Waals surface area contributed by atoms with Gasteiger partial charge in [0.15, 0.2) is 0 Å². The fraction of sp³-hybridized carbons (Fsp3) is 0.0769. The Hall–Kier alpha value is -1.50. The molecular weight excluding hydrogens is 314 g/mol. The molecule has 3 aromatic rings. The van der Waals surface area contributed by atoms with E-state index in [9.17, 15) is 0 Å². The number of aromatic nitrogens is 2. The number of anilines is 1. The van der Waals surface area contributed by atoms with Crippen LogP contribution in [-0.2, 0) is 5.75 Å². The van der Waals surface area contributed by atoms with Gasteiger partial charge in [-0.05, 0) is 29.6 Å². The zero-order valence-corrected chi connectivity index (χ0v) is 12.6. The minimum Gasteiger partial charge on any atom is -0.419 e. The summed E-state index contributed by atoms with van der Waals surface area (Å²) < 4.78 is 5.61. The summed E-state index contributed by atoms with van der Waals surface area (Å²) in [5, 5.41) is 10.6. The number of nitrogen functional groups attached to an aromatic ring is 1. The van der Waals surface area contributed by atoms with Crippen molar-refractivity contribution in [1.82, 2.24) is 10.2 Å². The van der Waals surface area contributed by atoms with Crippen LogP contribution in [0.3, 0.4) is 0 Å². The van der Waals surface area contributed by atoms with Crippen LogP contribution in [0, 0.1) is 0 Å². The first-order valence-corrected chi connectivity index (χ1v) is 8.01. The lowest BCUT2D eigenvalue weighted by Gasteiger charge is -2.01. The van der Waals surface area contributed by atoms with Gasteiger partial charge in [-0.15, -0.1) is 33.3 Å². The molecule has 0 aliphatic rings. The predicted octanol–water partition coefficient (Wildman–Crippen LogP) is 4.33. The van der Waals surface area contributed by atoms with Crippen LogP contribution in [0.4, 0.5) is 5.69 Å². The van der Waals surface area contributed by atoms with Crippen molar-refractivity contribution in [1.29, 1.82) is 0 Å². The van der Waals surface area contributed by atoms with Gasteiger partial charge in [-0.2, -0.15) is 0 Å². The average Bonchev–Trinajstić information content (AvgIpc) is 3.09. The van der Waals surface area contributed by atoms with Crippen molar-refractivity contribution in [3.63, 3.8) is 0 Å². The summed E-state index contributed by atoms with van der Waals surface area (Å²) in [5.41, 5.74) is 6.25. The Morgan fingerprint density at radius 3 is 2.95 bits per heavy atom. The smallest absolute Gasteiger partial charge is 0.257 e. The lowest BCUT2D eigenvalue weighted by atomic mass is 10.3. The Balaban J connectivity index is 1.68. The van der Waals surface area contributed by atoms with Crippen LogP contribution in [0.2, 0.25) is 5.02 Å². The highest BCUT2D eigenvalue weighted by molar-refractivity contribution is 7.98. The molecular formula is C13H10ClN3OS2. The second kappa shape index (κ2) is 5.87. The number of halogens is 1. The van der Waals surface area contributed by atoms with E-state index in [0.717, 1.165) is 9.77 Å². The number of nitrogens with zero attached hydrogens (tertiary/aromatic N) is 2. The molecule has 2 heterocycles. The van der Waals surface area contributed by atoms with E-state index >= 15 is 0 Å². The SMILES string of the molecule is Nc1ccc(SCc2nnc(-c3cccs3)o2)cc1Cl. The van der Waals surface area contributed by atoms with Crippen LogP contribution >= 0.6 is 34.7 Å². The third-order valence-corrected chi connectivity index (χ3v) is 4.70. The second-order valence-electron chi connectivity index (χ2n) is 3.95. The number of hydrogen-bond donors (Lipinski definition) is 1. The van der Waals surface area contributed by atoms with E-state index in [0.29, 0.717) is 28.2 Å². The quantitative estimate of drug-likeness (QED) is 0.572. The normalized spacial score (nSPS) is 10.8. The Bertz CT molecular complexity index is 712. The third kappa shape index (κ3) is 2.98. The second-order valence-corrected chi connectivity index (χ2v) is 6.35. The molecule has 0 spiro atoms. The number of rotatable bonds is 4. The molecule has 4 nitrogen and oxygen atoms in total. The fourth-order valence-electron chi connectivity index (χ4n) is 1.55. The number of hydrogen-bond acceptors (Lipinski definition) is 6. The van der Waals surface area contributed by atoms with E-state index in [1.54, 1.807) is 29.2 Å². The standard InChI is InChI=1S/C13H10ClN3OS2/c14-9-6-8(3-4-10(9)15)20-7-12-16-17-13(18-12)11-2-1-5-19-11/h1-6H,7,15H2. The van der Waals surface area contributed by atoms with Gasteiger partial charge >= 0.3 is 0 Å². The topological polar surface area (TPSA) is 64.9 Å². The zero-order valence-electron chi connectivity index (χ0n) is 10.2. The predicted molar refractivity (Wildman–Crippen MR) is 83.0 cm³/mol. The van der Waals surface area contributed by atoms with E-state index in [1.165, 1.54) is 0 Å². The van der Waals surface area contributed by atoms with E-state index in [4.69, 9.17) is 21.8 Å².